The minimum atomic E-state index is -0.396. The topological polar surface area (TPSA) is 54.0 Å². The van der Waals surface area contributed by atoms with Crippen LogP contribution in [-0.4, -0.2) is 10.9 Å². The average Bonchev–Trinajstić information content (AvgIpc) is 2.54. The highest BCUT2D eigenvalue weighted by Gasteiger charge is 2.26. The van der Waals surface area contributed by atoms with Gasteiger partial charge in [-0.3, -0.25) is 4.79 Å². The quantitative estimate of drug-likeness (QED) is 0.673. The Balaban J connectivity index is 1.80. The van der Waals surface area contributed by atoms with Crippen LogP contribution < -0.4 is 10.6 Å². The molecule has 4 rings (SSSR count). The van der Waals surface area contributed by atoms with Gasteiger partial charge in [0.1, 0.15) is 11.3 Å². The van der Waals surface area contributed by atoms with E-state index < -0.39 is 6.17 Å². The summed E-state index contributed by atoms with van der Waals surface area (Å²) in [5, 5.41) is 7.58. The van der Waals surface area contributed by atoms with Crippen molar-refractivity contribution in [3.8, 4) is 0 Å². The monoisotopic (exact) mass is 309 g/mol. The number of hydrogen-bond acceptors (Lipinski definition) is 3. The summed E-state index contributed by atoms with van der Waals surface area (Å²) in [5.74, 6) is -0.122. The number of halogens is 1. The lowest BCUT2D eigenvalue weighted by molar-refractivity contribution is 0.0935. The van der Waals surface area contributed by atoms with E-state index in [0.29, 0.717) is 10.7 Å². The zero-order chi connectivity index (χ0) is 15.1. The summed E-state index contributed by atoms with van der Waals surface area (Å²) in [5.41, 5.74) is 3.01. The van der Waals surface area contributed by atoms with Gasteiger partial charge in [-0.05, 0) is 24.3 Å². The van der Waals surface area contributed by atoms with Gasteiger partial charge in [-0.2, -0.15) is 0 Å². The van der Waals surface area contributed by atoms with Crippen LogP contribution in [0.3, 0.4) is 0 Å². The van der Waals surface area contributed by atoms with E-state index in [-0.39, 0.29) is 5.91 Å². The van der Waals surface area contributed by atoms with Crippen LogP contribution in [0.1, 0.15) is 22.1 Å². The summed E-state index contributed by atoms with van der Waals surface area (Å²) >= 11 is 6.31. The number of para-hydroxylation sites is 2. The number of nitrogens with zero attached hydrogens (tertiary/aromatic N) is 1. The molecule has 2 heterocycles. The Labute approximate surface area is 132 Å². The smallest absolute Gasteiger partial charge is 0.255 e. The molecule has 0 saturated heterocycles. The van der Waals surface area contributed by atoms with Gasteiger partial charge in [-0.1, -0.05) is 41.9 Å². The second-order valence-corrected chi connectivity index (χ2v) is 5.52. The molecule has 1 aromatic heterocycles. The van der Waals surface area contributed by atoms with E-state index in [9.17, 15) is 4.79 Å². The predicted octanol–water partition coefficient (Wildman–Crippen LogP) is 3.74. The molecule has 22 heavy (non-hydrogen) atoms. The fourth-order valence-electron chi connectivity index (χ4n) is 2.67. The molecule has 2 N–H and O–H groups in total. The maximum absolute atomic E-state index is 12.2. The predicted molar refractivity (Wildman–Crippen MR) is 87.0 cm³/mol. The molecule has 0 radical (unpaired) electrons. The van der Waals surface area contributed by atoms with E-state index in [1.54, 1.807) is 6.07 Å². The van der Waals surface area contributed by atoms with E-state index in [1.165, 1.54) is 0 Å². The number of carbonyl (C=O) groups is 1. The molecule has 0 saturated carbocycles. The third-order valence-corrected chi connectivity index (χ3v) is 4.07. The van der Waals surface area contributed by atoms with Crippen molar-refractivity contribution < 1.29 is 4.79 Å². The summed E-state index contributed by atoms with van der Waals surface area (Å²) in [4.78, 5) is 16.6. The molecule has 4 nitrogen and oxygen atoms in total. The van der Waals surface area contributed by atoms with Crippen LogP contribution in [0.2, 0.25) is 5.15 Å². The maximum Gasteiger partial charge on any atom is 0.255 e. The van der Waals surface area contributed by atoms with Gasteiger partial charge in [0.2, 0.25) is 0 Å². The van der Waals surface area contributed by atoms with Gasteiger partial charge in [0.15, 0.2) is 0 Å². The molecule has 108 valence electrons. The number of aromatic nitrogens is 1. The van der Waals surface area contributed by atoms with Crippen LogP contribution in [0.25, 0.3) is 10.9 Å². The Bertz CT molecular complexity index is 894. The van der Waals surface area contributed by atoms with E-state index in [4.69, 9.17) is 11.6 Å². The number of rotatable bonds is 1. The Morgan fingerprint density at radius 3 is 2.68 bits per heavy atom. The number of nitrogens with one attached hydrogen (secondary N) is 2. The Morgan fingerprint density at radius 2 is 1.77 bits per heavy atom. The summed E-state index contributed by atoms with van der Waals surface area (Å²) in [6.45, 7) is 0. The van der Waals surface area contributed by atoms with Crippen LogP contribution in [0.4, 0.5) is 5.69 Å². The number of pyridine rings is 1. The summed E-state index contributed by atoms with van der Waals surface area (Å²) in [7, 11) is 0. The fraction of sp³-hybridized carbons (Fsp3) is 0.0588. The molecule has 2 aromatic carbocycles. The van der Waals surface area contributed by atoms with Crippen molar-refractivity contribution in [2.24, 2.45) is 0 Å². The number of hydrogen-bond donors (Lipinski definition) is 2. The summed E-state index contributed by atoms with van der Waals surface area (Å²) in [6.07, 6.45) is -0.396. The SMILES string of the molecule is O=C1N[C@@H](c2cc3ccccc3nc2Cl)Nc2ccccc21. The van der Waals surface area contributed by atoms with E-state index in [1.807, 2.05) is 48.5 Å². The molecule has 0 aliphatic carbocycles. The maximum atomic E-state index is 12.2. The van der Waals surface area contributed by atoms with Crippen molar-refractivity contribution >= 4 is 34.1 Å². The van der Waals surface area contributed by atoms with Crippen molar-refractivity contribution in [2.75, 3.05) is 5.32 Å². The number of anilines is 1. The van der Waals surface area contributed by atoms with Crippen molar-refractivity contribution in [2.45, 2.75) is 6.17 Å². The zero-order valence-electron chi connectivity index (χ0n) is 11.5. The van der Waals surface area contributed by atoms with Crippen LogP contribution >= 0.6 is 11.6 Å². The van der Waals surface area contributed by atoms with Crippen LogP contribution in [0.15, 0.2) is 54.6 Å². The van der Waals surface area contributed by atoms with Gasteiger partial charge in [-0.15, -0.1) is 0 Å². The third kappa shape index (κ3) is 2.09. The van der Waals surface area contributed by atoms with E-state index in [2.05, 4.69) is 15.6 Å². The number of amides is 1. The highest BCUT2D eigenvalue weighted by Crippen LogP contribution is 2.31. The Kier molecular flexibility index (Phi) is 2.98. The number of carbonyl (C=O) groups excluding carboxylic acids is 1. The molecule has 0 unspecified atom stereocenters. The van der Waals surface area contributed by atoms with Crippen LogP contribution in [0.5, 0.6) is 0 Å². The normalized spacial score (nSPS) is 16.8. The molecule has 5 heteroatoms. The second kappa shape index (κ2) is 5.00. The van der Waals surface area contributed by atoms with Gasteiger partial charge in [-0.25, -0.2) is 4.98 Å². The highest BCUT2D eigenvalue weighted by atomic mass is 35.5. The highest BCUT2D eigenvalue weighted by molar-refractivity contribution is 6.30. The Morgan fingerprint density at radius 1 is 1.00 bits per heavy atom. The molecule has 0 fully saturated rings. The molecular weight excluding hydrogens is 298 g/mol. The first-order valence-electron chi connectivity index (χ1n) is 6.94. The standard InChI is InChI=1S/C17H12ClN3O/c18-15-12(9-10-5-1-3-7-13(10)19-15)16-20-14-8-4-2-6-11(14)17(22)21-16/h1-9,16,20H,(H,21,22)/t16-/m0/s1. The van der Waals surface area contributed by atoms with Gasteiger partial charge in [0.25, 0.3) is 5.91 Å². The van der Waals surface area contributed by atoms with E-state index in [0.717, 1.165) is 22.2 Å². The number of benzene rings is 2. The summed E-state index contributed by atoms with van der Waals surface area (Å²) < 4.78 is 0. The van der Waals surface area contributed by atoms with Crippen molar-refractivity contribution in [1.29, 1.82) is 0 Å². The minimum absolute atomic E-state index is 0.122. The minimum Gasteiger partial charge on any atom is -0.361 e. The molecule has 1 aliphatic rings. The zero-order valence-corrected chi connectivity index (χ0v) is 12.3. The largest absolute Gasteiger partial charge is 0.361 e. The molecule has 0 spiro atoms. The van der Waals surface area contributed by atoms with Gasteiger partial charge in [0.05, 0.1) is 11.1 Å². The van der Waals surface area contributed by atoms with Gasteiger partial charge >= 0.3 is 0 Å². The lowest BCUT2D eigenvalue weighted by atomic mass is 10.1. The molecule has 1 aliphatic heterocycles. The average molecular weight is 310 g/mol. The lowest BCUT2D eigenvalue weighted by Crippen LogP contribution is -2.38. The van der Waals surface area contributed by atoms with Crippen molar-refractivity contribution in [1.82, 2.24) is 10.3 Å². The third-order valence-electron chi connectivity index (χ3n) is 3.76. The van der Waals surface area contributed by atoms with Crippen LogP contribution in [0, 0.1) is 0 Å². The van der Waals surface area contributed by atoms with E-state index >= 15 is 0 Å². The first-order chi connectivity index (χ1) is 10.7. The number of fused-ring (bicyclic) bond motifs is 2. The first-order valence-corrected chi connectivity index (χ1v) is 7.32. The molecule has 1 amide bonds. The Hall–Kier alpha value is -2.59. The van der Waals surface area contributed by atoms with Gasteiger partial charge < -0.3 is 10.6 Å². The molecule has 0 bridgehead atoms. The van der Waals surface area contributed by atoms with Crippen molar-refractivity contribution in [3.05, 3.63) is 70.9 Å². The molecule has 3 aromatic rings. The van der Waals surface area contributed by atoms with Crippen LogP contribution in [-0.2, 0) is 0 Å². The lowest BCUT2D eigenvalue weighted by Gasteiger charge is -2.28. The first kappa shape index (κ1) is 13.1. The summed E-state index contributed by atoms with van der Waals surface area (Å²) in [6, 6.07) is 17.1. The van der Waals surface area contributed by atoms with Crippen molar-refractivity contribution in [3.63, 3.8) is 0 Å². The fourth-order valence-corrected chi connectivity index (χ4v) is 2.93. The molecular formula is C17H12ClN3O. The molecule has 1 atom stereocenters. The van der Waals surface area contributed by atoms with Gasteiger partial charge in [0, 0.05) is 16.6 Å². The second-order valence-electron chi connectivity index (χ2n) is 5.16.